The third-order valence-electron chi connectivity index (χ3n) is 3.40. The van der Waals surface area contributed by atoms with Gasteiger partial charge in [0.25, 0.3) is 0 Å². The zero-order chi connectivity index (χ0) is 12.0. The molecule has 4 heteroatoms. The van der Waals surface area contributed by atoms with Gasteiger partial charge in [0, 0.05) is 13.2 Å². The van der Waals surface area contributed by atoms with Crippen molar-refractivity contribution in [1.82, 2.24) is 4.90 Å². The van der Waals surface area contributed by atoms with E-state index in [1.54, 1.807) is 0 Å². The van der Waals surface area contributed by atoms with E-state index in [2.05, 4.69) is 6.92 Å². The van der Waals surface area contributed by atoms with Gasteiger partial charge in [-0.05, 0) is 32.7 Å². The van der Waals surface area contributed by atoms with E-state index in [9.17, 15) is 9.90 Å². The summed E-state index contributed by atoms with van der Waals surface area (Å²) in [5.41, 5.74) is -0.673. The van der Waals surface area contributed by atoms with Gasteiger partial charge in [-0.2, -0.15) is 0 Å². The van der Waals surface area contributed by atoms with Crippen LogP contribution in [0.5, 0.6) is 0 Å². The highest BCUT2D eigenvalue weighted by Gasteiger charge is 2.42. The van der Waals surface area contributed by atoms with Gasteiger partial charge in [-0.25, -0.2) is 0 Å². The Morgan fingerprint density at radius 2 is 2.25 bits per heavy atom. The number of ether oxygens (including phenoxy) is 1. The highest BCUT2D eigenvalue weighted by atomic mass is 16.5. The van der Waals surface area contributed by atoms with Gasteiger partial charge in [-0.1, -0.05) is 13.3 Å². The quantitative estimate of drug-likeness (QED) is 0.676. The summed E-state index contributed by atoms with van der Waals surface area (Å²) in [5.74, 6) is -0.710. The minimum atomic E-state index is -0.710. The van der Waals surface area contributed by atoms with Crippen molar-refractivity contribution < 1.29 is 14.6 Å². The van der Waals surface area contributed by atoms with Crippen LogP contribution >= 0.6 is 0 Å². The Balaban J connectivity index is 2.28. The average Bonchev–Trinajstić information content (AvgIpc) is 2.61. The second-order valence-electron chi connectivity index (χ2n) is 4.64. The molecule has 0 aromatic heterocycles. The van der Waals surface area contributed by atoms with Crippen molar-refractivity contribution in [2.75, 3.05) is 26.3 Å². The minimum Gasteiger partial charge on any atom is -0.480 e. The summed E-state index contributed by atoms with van der Waals surface area (Å²) in [7, 11) is 0. The van der Waals surface area contributed by atoms with Crippen LogP contribution in [0, 0.1) is 0 Å². The Kier molecular flexibility index (Phi) is 5.22. The molecule has 0 amide bonds. The number of hydrogen-bond acceptors (Lipinski definition) is 3. The molecule has 1 unspecified atom stereocenters. The van der Waals surface area contributed by atoms with E-state index in [-0.39, 0.29) is 0 Å². The molecule has 0 bridgehead atoms. The molecule has 1 aliphatic heterocycles. The summed E-state index contributed by atoms with van der Waals surface area (Å²) >= 11 is 0. The van der Waals surface area contributed by atoms with Gasteiger partial charge in [0.15, 0.2) is 0 Å². The van der Waals surface area contributed by atoms with Crippen LogP contribution in [-0.4, -0.2) is 47.8 Å². The molecule has 1 N–H and O–H groups in total. The van der Waals surface area contributed by atoms with Gasteiger partial charge in [0.2, 0.25) is 0 Å². The van der Waals surface area contributed by atoms with Crippen LogP contribution in [0.25, 0.3) is 0 Å². The molecule has 0 aliphatic carbocycles. The first-order valence-electron chi connectivity index (χ1n) is 6.17. The van der Waals surface area contributed by atoms with E-state index in [0.29, 0.717) is 6.61 Å². The van der Waals surface area contributed by atoms with E-state index in [1.165, 1.54) is 0 Å². The second kappa shape index (κ2) is 6.21. The standard InChI is InChI=1S/C12H23NO3/c1-3-4-9-16-10-8-13-7-5-6-12(13,2)11(14)15/h3-10H2,1-2H3,(H,14,15). The number of unbranched alkanes of at least 4 members (excludes halogenated alkanes) is 1. The maximum atomic E-state index is 11.2. The first-order valence-corrected chi connectivity index (χ1v) is 6.17. The molecule has 1 saturated heterocycles. The van der Waals surface area contributed by atoms with Crippen molar-refractivity contribution in [2.24, 2.45) is 0 Å². The number of likely N-dealkylation sites (tertiary alicyclic amines) is 1. The van der Waals surface area contributed by atoms with Crippen molar-refractivity contribution in [3.05, 3.63) is 0 Å². The van der Waals surface area contributed by atoms with Gasteiger partial charge >= 0.3 is 5.97 Å². The fourth-order valence-corrected chi connectivity index (χ4v) is 2.14. The van der Waals surface area contributed by atoms with Crippen LogP contribution in [0.2, 0.25) is 0 Å². The number of nitrogens with zero attached hydrogens (tertiary/aromatic N) is 1. The molecule has 4 nitrogen and oxygen atoms in total. The average molecular weight is 229 g/mol. The van der Waals surface area contributed by atoms with Crippen molar-refractivity contribution in [3.8, 4) is 0 Å². The minimum absolute atomic E-state index is 0.642. The summed E-state index contributed by atoms with van der Waals surface area (Å²) < 4.78 is 5.47. The van der Waals surface area contributed by atoms with Crippen LogP contribution in [0.15, 0.2) is 0 Å². The number of aliphatic carboxylic acids is 1. The molecule has 1 atom stereocenters. The number of rotatable bonds is 7. The molecule has 1 fully saturated rings. The molecule has 1 rings (SSSR count). The predicted octanol–water partition coefficient (Wildman–Crippen LogP) is 1.74. The summed E-state index contributed by atoms with van der Waals surface area (Å²) in [6, 6.07) is 0. The maximum Gasteiger partial charge on any atom is 0.323 e. The Morgan fingerprint density at radius 3 is 2.88 bits per heavy atom. The van der Waals surface area contributed by atoms with E-state index in [4.69, 9.17) is 4.74 Å². The van der Waals surface area contributed by atoms with Gasteiger partial charge < -0.3 is 9.84 Å². The van der Waals surface area contributed by atoms with E-state index < -0.39 is 11.5 Å². The molecule has 16 heavy (non-hydrogen) atoms. The summed E-state index contributed by atoms with van der Waals surface area (Å²) in [5, 5.41) is 9.20. The Hall–Kier alpha value is -0.610. The molecular formula is C12H23NO3. The van der Waals surface area contributed by atoms with Crippen molar-refractivity contribution in [3.63, 3.8) is 0 Å². The number of carboxylic acids is 1. The van der Waals surface area contributed by atoms with Crippen LogP contribution in [-0.2, 0) is 9.53 Å². The van der Waals surface area contributed by atoms with E-state index in [0.717, 1.165) is 45.4 Å². The van der Waals surface area contributed by atoms with E-state index in [1.807, 2.05) is 11.8 Å². The first-order chi connectivity index (χ1) is 7.61. The topological polar surface area (TPSA) is 49.8 Å². The lowest BCUT2D eigenvalue weighted by molar-refractivity contribution is -0.148. The zero-order valence-electron chi connectivity index (χ0n) is 10.4. The third kappa shape index (κ3) is 3.19. The van der Waals surface area contributed by atoms with Crippen molar-refractivity contribution in [2.45, 2.75) is 45.1 Å². The van der Waals surface area contributed by atoms with Crippen LogP contribution in [0.1, 0.15) is 39.5 Å². The molecule has 1 heterocycles. The van der Waals surface area contributed by atoms with Gasteiger partial charge in [-0.3, -0.25) is 9.69 Å². The molecule has 0 aromatic rings. The maximum absolute atomic E-state index is 11.2. The fraction of sp³-hybridized carbons (Fsp3) is 0.917. The Morgan fingerprint density at radius 1 is 1.50 bits per heavy atom. The summed E-state index contributed by atoms with van der Waals surface area (Å²) in [4.78, 5) is 13.2. The molecule has 0 radical (unpaired) electrons. The lowest BCUT2D eigenvalue weighted by atomic mass is 9.99. The number of hydrogen-bond donors (Lipinski definition) is 1. The fourth-order valence-electron chi connectivity index (χ4n) is 2.14. The monoisotopic (exact) mass is 229 g/mol. The molecule has 1 aliphatic rings. The first kappa shape index (κ1) is 13.5. The number of carbonyl (C=O) groups is 1. The number of carboxylic acid groups (broad SMARTS) is 1. The molecule has 0 saturated carbocycles. The Labute approximate surface area is 97.6 Å². The van der Waals surface area contributed by atoms with Crippen LogP contribution < -0.4 is 0 Å². The summed E-state index contributed by atoms with van der Waals surface area (Å²) in [6.45, 7) is 6.98. The van der Waals surface area contributed by atoms with Gasteiger partial charge in [-0.15, -0.1) is 0 Å². The predicted molar refractivity (Wildman–Crippen MR) is 62.6 cm³/mol. The SMILES string of the molecule is CCCCOCCN1CCCC1(C)C(=O)O. The zero-order valence-corrected chi connectivity index (χ0v) is 10.4. The molecule has 94 valence electrons. The highest BCUT2D eigenvalue weighted by Crippen LogP contribution is 2.28. The van der Waals surface area contributed by atoms with Crippen molar-refractivity contribution in [1.29, 1.82) is 0 Å². The Bertz CT molecular complexity index is 232. The lowest BCUT2D eigenvalue weighted by Crippen LogP contribution is -2.49. The van der Waals surface area contributed by atoms with Crippen LogP contribution in [0.4, 0.5) is 0 Å². The van der Waals surface area contributed by atoms with Gasteiger partial charge in [0.05, 0.1) is 6.61 Å². The van der Waals surface area contributed by atoms with Gasteiger partial charge in [0.1, 0.15) is 5.54 Å². The largest absolute Gasteiger partial charge is 0.480 e. The third-order valence-corrected chi connectivity index (χ3v) is 3.40. The lowest BCUT2D eigenvalue weighted by Gasteiger charge is -2.30. The normalized spacial score (nSPS) is 26.1. The highest BCUT2D eigenvalue weighted by molar-refractivity contribution is 5.78. The summed E-state index contributed by atoms with van der Waals surface area (Å²) in [6.07, 6.45) is 3.93. The van der Waals surface area contributed by atoms with E-state index >= 15 is 0 Å². The molecule has 0 aromatic carbocycles. The molecular weight excluding hydrogens is 206 g/mol. The smallest absolute Gasteiger partial charge is 0.323 e. The van der Waals surface area contributed by atoms with Crippen molar-refractivity contribution >= 4 is 5.97 Å². The van der Waals surface area contributed by atoms with Crippen LogP contribution in [0.3, 0.4) is 0 Å². The molecule has 0 spiro atoms. The second-order valence-corrected chi connectivity index (χ2v) is 4.64.